The highest BCUT2D eigenvalue weighted by molar-refractivity contribution is 7.51. The first-order valence-electron chi connectivity index (χ1n) is 7.08. The second-order valence-corrected chi connectivity index (χ2v) is 6.75. The fourth-order valence-electron chi connectivity index (χ4n) is 1.73. The molecule has 1 aromatic rings. The van der Waals surface area contributed by atoms with Crippen LogP contribution in [-0.4, -0.2) is 35.6 Å². The summed E-state index contributed by atoms with van der Waals surface area (Å²) in [5.41, 5.74) is 2.87. The number of nitrogen functional groups attached to an aromatic ring is 1. The molecule has 0 radical (unpaired) electrons. The highest BCUT2D eigenvalue weighted by Crippen LogP contribution is 2.36. The third kappa shape index (κ3) is 8.09. The van der Waals surface area contributed by atoms with Crippen molar-refractivity contribution in [3.8, 4) is 0 Å². The summed E-state index contributed by atoms with van der Waals surface area (Å²) in [5.74, 6) is 5.52. The molecule has 1 amide bonds. The molecule has 0 spiro atoms. The number of carbonyl (C=O) groups excluding carboxylic acids is 1. The topological polar surface area (TPSA) is 127 Å². The molecule has 0 aliphatic carbocycles. The van der Waals surface area contributed by atoms with Gasteiger partial charge in [-0.3, -0.25) is 9.36 Å². The number of nitrogens with zero attached hydrogens (tertiary/aromatic N) is 1. The maximum absolute atomic E-state index is 11.8. The SMILES string of the molecule is CP(=O)(O)OCCCCCCNC(=O)c1ccc(NN)nc1. The van der Waals surface area contributed by atoms with Crippen LogP contribution in [0.15, 0.2) is 18.3 Å². The Kier molecular flexibility index (Phi) is 8.05. The average molecular weight is 330 g/mol. The smallest absolute Gasteiger partial charge is 0.325 e. The quantitative estimate of drug-likeness (QED) is 0.221. The number of unbranched alkanes of at least 4 members (excludes halogenated alkanes) is 3. The Morgan fingerprint density at radius 3 is 2.68 bits per heavy atom. The van der Waals surface area contributed by atoms with Crippen molar-refractivity contribution in [1.29, 1.82) is 0 Å². The van der Waals surface area contributed by atoms with E-state index in [1.165, 1.54) is 12.9 Å². The van der Waals surface area contributed by atoms with Gasteiger partial charge in [-0.05, 0) is 25.0 Å². The monoisotopic (exact) mass is 330 g/mol. The molecule has 0 aliphatic rings. The number of aromatic nitrogens is 1. The van der Waals surface area contributed by atoms with Gasteiger partial charge in [0.15, 0.2) is 0 Å². The van der Waals surface area contributed by atoms with Crippen LogP contribution in [0.3, 0.4) is 0 Å². The zero-order chi connectivity index (χ0) is 16.4. The van der Waals surface area contributed by atoms with E-state index in [9.17, 15) is 9.36 Å². The van der Waals surface area contributed by atoms with E-state index >= 15 is 0 Å². The third-order valence-corrected chi connectivity index (χ3v) is 3.52. The second-order valence-electron chi connectivity index (χ2n) is 4.88. The fraction of sp³-hybridized carbons (Fsp3) is 0.538. The van der Waals surface area contributed by atoms with Crippen LogP contribution in [0.1, 0.15) is 36.0 Å². The molecule has 1 atom stereocenters. The van der Waals surface area contributed by atoms with E-state index in [-0.39, 0.29) is 12.5 Å². The van der Waals surface area contributed by atoms with E-state index in [4.69, 9.17) is 15.3 Å². The number of anilines is 1. The van der Waals surface area contributed by atoms with Gasteiger partial charge in [0.2, 0.25) is 0 Å². The van der Waals surface area contributed by atoms with Crippen LogP contribution < -0.4 is 16.6 Å². The van der Waals surface area contributed by atoms with Crippen LogP contribution in [0.2, 0.25) is 0 Å². The molecule has 5 N–H and O–H groups in total. The largest absolute Gasteiger partial charge is 0.352 e. The molecule has 9 heteroatoms. The number of nitrogens with one attached hydrogen (secondary N) is 2. The van der Waals surface area contributed by atoms with E-state index in [1.54, 1.807) is 12.1 Å². The first kappa shape index (κ1) is 18.6. The zero-order valence-corrected chi connectivity index (χ0v) is 13.5. The summed E-state index contributed by atoms with van der Waals surface area (Å²) in [6, 6.07) is 3.27. The van der Waals surface area contributed by atoms with Gasteiger partial charge in [0, 0.05) is 19.4 Å². The second kappa shape index (κ2) is 9.53. The molecule has 8 nitrogen and oxygen atoms in total. The van der Waals surface area contributed by atoms with Crippen LogP contribution >= 0.6 is 7.60 Å². The highest BCUT2D eigenvalue weighted by atomic mass is 31.2. The van der Waals surface area contributed by atoms with Gasteiger partial charge in [0.05, 0.1) is 12.2 Å². The lowest BCUT2D eigenvalue weighted by Gasteiger charge is -2.07. The van der Waals surface area contributed by atoms with E-state index in [1.807, 2.05) is 0 Å². The Balaban J connectivity index is 2.09. The molecule has 1 aromatic heterocycles. The van der Waals surface area contributed by atoms with Gasteiger partial charge >= 0.3 is 7.60 Å². The van der Waals surface area contributed by atoms with E-state index < -0.39 is 7.60 Å². The lowest BCUT2D eigenvalue weighted by atomic mass is 10.2. The van der Waals surface area contributed by atoms with Crippen molar-refractivity contribution in [3.05, 3.63) is 23.9 Å². The number of carbonyl (C=O) groups is 1. The normalized spacial score (nSPS) is 13.4. The molecule has 1 rings (SSSR count). The number of rotatable bonds is 10. The van der Waals surface area contributed by atoms with Crippen LogP contribution in [-0.2, 0) is 9.09 Å². The van der Waals surface area contributed by atoms with Gasteiger partial charge in [-0.2, -0.15) is 0 Å². The summed E-state index contributed by atoms with van der Waals surface area (Å²) in [5, 5.41) is 2.81. The van der Waals surface area contributed by atoms with Crippen molar-refractivity contribution < 1.29 is 18.8 Å². The molecule has 0 aliphatic heterocycles. The minimum absolute atomic E-state index is 0.174. The first-order chi connectivity index (χ1) is 10.4. The van der Waals surface area contributed by atoms with E-state index in [2.05, 4.69) is 15.7 Å². The Bertz CT molecular complexity index is 503. The van der Waals surface area contributed by atoms with Gasteiger partial charge in [-0.25, -0.2) is 10.8 Å². The van der Waals surface area contributed by atoms with Crippen molar-refractivity contribution in [2.45, 2.75) is 25.7 Å². The molecular weight excluding hydrogens is 307 g/mol. The van der Waals surface area contributed by atoms with Crippen molar-refractivity contribution >= 4 is 19.3 Å². The lowest BCUT2D eigenvalue weighted by Crippen LogP contribution is -2.24. The third-order valence-electron chi connectivity index (χ3n) is 2.86. The van der Waals surface area contributed by atoms with Gasteiger partial charge in [0.25, 0.3) is 5.91 Å². The molecule has 1 heterocycles. The van der Waals surface area contributed by atoms with Crippen molar-refractivity contribution in [1.82, 2.24) is 10.3 Å². The number of pyridine rings is 1. The fourth-order valence-corrected chi connectivity index (χ4v) is 2.20. The molecule has 22 heavy (non-hydrogen) atoms. The molecule has 0 saturated carbocycles. The zero-order valence-electron chi connectivity index (χ0n) is 12.6. The van der Waals surface area contributed by atoms with Crippen LogP contribution in [0, 0.1) is 0 Å². The summed E-state index contributed by atoms with van der Waals surface area (Å²) in [7, 11) is -3.36. The Morgan fingerprint density at radius 1 is 1.36 bits per heavy atom. The maximum Gasteiger partial charge on any atom is 0.325 e. The first-order valence-corrected chi connectivity index (χ1v) is 9.10. The van der Waals surface area contributed by atoms with Crippen molar-refractivity contribution in [2.24, 2.45) is 5.84 Å². The molecule has 0 fully saturated rings. The van der Waals surface area contributed by atoms with Crippen LogP contribution in [0.5, 0.6) is 0 Å². The van der Waals surface area contributed by atoms with Crippen molar-refractivity contribution in [3.63, 3.8) is 0 Å². The van der Waals surface area contributed by atoms with Gasteiger partial charge < -0.3 is 20.2 Å². The summed E-state index contributed by atoms with van der Waals surface area (Å²) in [6.45, 7) is 2.03. The number of hydrogen-bond acceptors (Lipinski definition) is 6. The Labute approximate surface area is 130 Å². The van der Waals surface area contributed by atoms with E-state index in [0.717, 1.165) is 25.7 Å². The minimum Gasteiger partial charge on any atom is -0.352 e. The van der Waals surface area contributed by atoms with Crippen LogP contribution in [0.4, 0.5) is 5.82 Å². The number of amides is 1. The molecule has 0 bridgehead atoms. The van der Waals surface area contributed by atoms with Gasteiger partial charge in [0.1, 0.15) is 5.82 Å². The predicted octanol–water partition coefficient (Wildman–Crippen LogP) is 1.49. The Hall–Kier alpha value is -1.47. The van der Waals surface area contributed by atoms with Crippen LogP contribution in [0.25, 0.3) is 0 Å². The van der Waals surface area contributed by atoms with E-state index in [0.29, 0.717) is 17.9 Å². The van der Waals surface area contributed by atoms with Gasteiger partial charge in [-0.1, -0.05) is 12.8 Å². The number of nitrogens with two attached hydrogens (primary N) is 1. The summed E-state index contributed by atoms with van der Waals surface area (Å²) < 4.78 is 15.6. The average Bonchev–Trinajstić information content (AvgIpc) is 2.48. The molecule has 124 valence electrons. The number of hydrazine groups is 1. The summed E-state index contributed by atoms with van der Waals surface area (Å²) >= 11 is 0. The predicted molar refractivity (Wildman–Crippen MR) is 84.5 cm³/mol. The summed E-state index contributed by atoms with van der Waals surface area (Å²) in [4.78, 5) is 24.7. The summed E-state index contributed by atoms with van der Waals surface area (Å²) in [6.07, 6.45) is 4.82. The Morgan fingerprint density at radius 2 is 2.09 bits per heavy atom. The van der Waals surface area contributed by atoms with Gasteiger partial charge in [-0.15, -0.1) is 0 Å². The molecule has 1 unspecified atom stereocenters. The number of hydrogen-bond donors (Lipinski definition) is 4. The molecular formula is C13H23N4O4P. The van der Waals surface area contributed by atoms with Crippen molar-refractivity contribution in [2.75, 3.05) is 25.2 Å². The molecule has 0 saturated heterocycles. The lowest BCUT2D eigenvalue weighted by molar-refractivity contribution is 0.0952. The highest BCUT2D eigenvalue weighted by Gasteiger charge is 2.08. The standard InChI is InChI=1S/C13H23N4O4P/c1-22(19,20)21-9-5-3-2-4-8-15-13(18)11-6-7-12(17-14)16-10-11/h6-7,10H,2-5,8-9,14H2,1H3,(H,15,18)(H,16,17)(H,19,20). The maximum atomic E-state index is 11.8. The minimum atomic E-state index is -3.36. The molecule has 0 aromatic carbocycles.